The number of ether oxygens (including phenoxy) is 2. The van der Waals surface area contributed by atoms with Crippen LogP contribution < -0.4 is 25.3 Å². The van der Waals surface area contributed by atoms with Crippen LogP contribution in [-0.2, 0) is 6.61 Å². The SMILES string of the molecule is C=CCNC(=S)N[NH+]=Cc1cccc(OC)c1OCc1ccccc1. The van der Waals surface area contributed by atoms with E-state index in [0.29, 0.717) is 29.8 Å². The molecule has 0 saturated heterocycles. The third-order valence-electron chi connectivity index (χ3n) is 3.28. The van der Waals surface area contributed by atoms with Gasteiger partial charge in [-0.3, -0.25) is 0 Å². The molecule has 0 bridgehead atoms. The number of nitrogens with one attached hydrogen (secondary N) is 3. The Morgan fingerprint density at radius 2 is 2.00 bits per heavy atom. The molecule has 0 unspecified atom stereocenters. The minimum Gasteiger partial charge on any atom is -0.493 e. The molecule has 2 aromatic carbocycles. The van der Waals surface area contributed by atoms with Crippen molar-refractivity contribution in [3.05, 3.63) is 72.3 Å². The Bertz CT molecular complexity index is 733. The summed E-state index contributed by atoms with van der Waals surface area (Å²) in [6.45, 7) is 4.68. The van der Waals surface area contributed by atoms with Crippen LogP contribution >= 0.6 is 12.2 Å². The first-order valence-corrected chi connectivity index (χ1v) is 8.22. The van der Waals surface area contributed by atoms with Crippen molar-refractivity contribution in [3.63, 3.8) is 0 Å². The molecule has 0 saturated carbocycles. The lowest BCUT2D eigenvalue weighted by molar-refractivity contribution is -0.500. The Hall–Kier alpha value is -2.86. The first kappa shape index (κ1) is 18.5. The highest BCUT2D eigenvalue weighted by atomic mass is 32.1. The average molecular weight is 356 g/mol. The lowest BCUT2D eigenvalue weighted by atomic mass is 10.2. The van der Waals surface area contributed by atoms with E-state index in [2.05, 4.69) is 22.4 Å². The average Bonchev–Trinajstić information content (AvgIpc) is 2.65. The summed E-state index contributed by atoms with van der Waals surface area (Å²) in [5.74, 6) is 1.33. The number of hydrogen-bond acceptors (Lipinski definition) is 3. The van der Waals surface area contributed by atoms with Gasteiger partial charge in [0, 0.05) is 6.54 Å². The molecule has 0 spiro atoms. The van der Waals surface area contributed by atoms with Crippen LogP contribution in [0.2, 0.25) is 0 Å². The van der Waals surface area contributed by atoms with E-state index >= 15 is 0 Å². The van der Waals surface area contributed by atoms with Crippen LogP contribution in [-0.4, -0.2) is 25.0 Å². The second-order valence-electron chi connectivity index (χ2n) is 5.07. The Kier molecular flexibility index (Phi) is 7.46. The number of rotatable bonds is 8. The first-order valence-electron chi connectivity index (χ1n) is 7.81. The van der Waals surface area contributed by atoms with Gasteiger partial charge in [-0.25, -0.2) is 0 Å². The predicted molar refractivity (Wildman–Crippen MR) is 104 cm³/mol. The second-order valence-corrected chi connectivity index (χ2v) is 5.47. The molecule has 25 heavy (non-hydrogen) atoms. The first-order chi connectivity index (χ1) is 12.2. The van der Waals surface area contributed by atoms with Crippen LogP contribution in [0.3, 0.4) is 0 Å². The molecule has 2 rings (SSSR count). The number of hydrogen-bond donors (Lipinski definition) is 3. The van der Waals surface area contributed by atoms with Crippen molar-refractivity contribution in [3.8, 4) is 11.5 Å². The van der Waals surface area contributed by atoms with E-state index in [0.717, 1.165) is 11.1 Å². The van der Waals surface area contributed by atoms with Crippen LogP contribution in [0.15, 0.2) is 61.2 Å². The molecule has 0 amide bonds. The fourth-order valence-electron chi connectivity index (χ4n) is 2.08. The van der Waals surface area contributed by atoms with E-state index in [1.54, 1.807) is 19.4 Å². The van der Waals surface area contributed by atoms with E-state index in [4.69, 9.17) is 21.7 Å². The number of para-hydroxylation sites is 1. The lowest BCUT2D eigenvalue weighted by Gasteiger charge is -2.12. The fraction of sp³-hybridized carbons (Fsp3) is 0.158. The van der Waals surface area contributed by atoms with Crippen molar-refractivity contribution < 1.29 is 14.6 Å². The largest absolute Gasteiger partial charge is 0.493 e. The van der Waals surface area contributed by atoms with E-state index in [-0.39, 0.29) is 0 Å². The van der Waals surface area contributed by atoms with E-state index in [1.165, 1.54) is 0 Å². The Morgan fingerprint density at radius 1 is 1.20 bits per heavy atom. The van der Waals surface area contributed by atoms with Crippen molar-refractivity contribution in [1.29, 1.82) is 0 Å². The van der Waals surface area contributed by atoms with Crippen LogP contribution in [0.5, 0.6) is 11.5 Å². The van der Waals surface area contributed by atoms with E-state index in [1.807, 2.05) is 48.5 Å². The molecule has 2 aromatic rings. The van der Waals surface area contributed by atoms with Crippen LogP contribution in [0.25, 0.3) is 0 Å². The number of hydrazine groups is 1. The molecule has 130 valence electrons. The summed E-state index contributed by atoms with van der Waals surface area (Å²) in [7, 11) is 1.62. The van der Waals surface area contributed by atoms with Gasteiger partial charge in [0.05, 0.1) is 12.7 Å². The standard InChI is InChI=1S/C19H21N3O2S/c1-3-12-20-19(25)22-21-13-16-10-7-11-17(23-2)18(16)24-14-15-8-5-4-6-9-15/h3-11,13H,1,12,14H2,2H3,(H2,20,22,25)/p+1. The molecule has 3 N–H and O–H groups in total. The van der Waals surface area contributed by atoms with Crippen molar-refractivity contribution in [2.24, 2.45) is 0 Å². The quantitative estimate of drug-likeness (QED) is 0.288. The molecule has 0 aliphatic rings. The summed E-state index contributed by atoms with van der Waals surface area (Å²) in [6, 6.07) is 15.7. The van der Waals surface area contributed by atoms with Gasteiger partial charge in [-0.1, -0.05) is 42.5 Å². The highest BCUT2D eigenvalue weighted by Gasteiger charge is 2.11. The second kappa shape index (κ2) is 10.1. The Labute approximate surface area is 153 Å². The van der Waals surface area contributed by atoms with Gasteiger partial charge in [-0.2, -0.15) is 0 Å². The third kappa shape index (κ3) is 5.93. The maximum atomic E-state index is 5.98. The van der Waals surface area contributed by atoms with Gasteiger partial charge >= 0.3 is 0 Å². The minimum absolute atomic E-state index is 0.453. The molecule has 0 heterocycles. The smallest absolute Gasteiger partial charge is 0.224 e. The van der Waals surface area contributed by atoms with Crippen LogP contribution in [0, 0.1) is 0 Å². The summed E-state index contributed by atoms with van der Waals surface area (Å²) < 4.78 is 11.4. The molecule has 0 aliphatic carbocycles. The highest BCUT2D eigenvalue weighted by Crippen LogP contribution is 2.30. The van der Waals surface area contributed by atoms with Crippen LogP contribution in [0.1, 0.15) is 11.1 Å². The number of methoxy groups -OCH3 is 1. The summed E-state index contributed by atoms with van der Waals surface area (Å²) in [5, 5.41) is 6.40. The monoisotopic (exact) mass is 356 g/mol. The van der Waals surface area contributed by atoms with Gasteiger partial charge in [0.15, 0.2) is 11.5 Å². The fourth-order valence-corrected chi connectivity index (χ4v) is 2.22. The predicted octanol–water partition coefficient (Wildman–Crippen LogP) is 1.34. The number of hydrazone groups is 1. The molecule has 0 fully saturated rings. The van der Waals surface area contributed by atoms with E-state index in [9.17, 15) is 0 Å². The number of benzene rings is 2. The zero-order chi connectivity index (χ0) is 17.9. The van der Waals surface area contributed by atoms with Gasteiger partial charge in [0.1, 0.15) is 6.61 Å². The van der Waals surface area contributed by atoms with Crippen LogP contribution in [0.4, 0.5) is 0 Å². The van der Waals surface area contributed by atoms with Gasteiger partial charge in [-0.05, 0) is 29.9 Å². The third-order valence-corrected chi connectivity index (χ3v) is 3.52. The molecule has 0 radical (unpaired) electrons. The molecule has 6 heteroatoms. The Balaban J connectivity index is 2.09. The molecule has 0 aliphatic heterocycles. The molecular formula is C19H22N3O2S+. The van der Waals surface area contributed by atoms with Gasteiger partial charge in [-0.15, -0.1) is 17.1 Å². The number of thiocarbonyl (C=S) groups is 1. The van der Waals surface area contributed by atoms with Crippen molar-refractivity contribution in [1.82, 2.24) is 10.7 Å². The maximum Gasteiger partial charge on any atom is 0.224 e. The van der Waals surface area contributed by atoms with Crippen molar-refractivity contribution in [2.45, 2.75) is 6.61 Å². The van der Waals surface area contributed by atoms with Crippen molar-refractivity contribution in [2.75, 3.05) is 13.7 Å². The zero-order valence-corrected chi connectivity index (χ0v) is 14.9. The lowest BCUT2D eigenvalue weighted by Crippen LogP contribution is -2.82. The summed E-state index contributed by atoms with van der Waals surface area (Å²) in [6.07, 6.45) is 3.50. The van der Waals surface area contributed by atoms with E-state index < -0.39 is 0 Å². The normalized spacial score (nSPS) is 10.3. The molecule has 0 atom stereocenters. The summed E-state index contributed by atoms with van der Waals surface area (Å²) in [5.41, 5.74) is 4.80. The molecule has 5 nitrogen and oxygen atoms in total. The highest BCUT2D eigenvalue weighted by molar-refractivity contribution is 7.80. The Morgan fingerprint density at radius 3 is 2.72 bits per heavy atom. The van der Waals surface area contributed by atoms with Gasteiger partial charge in [0.2, 0.25) is 11.3 Å². The minimum atomic E-state index is 0.453. The van der Waals surface area contributed by atoms with Gasteiger partial charge < -0.3 is 14.8 Å². The van der Waals surface area contributed by atoms with Gasteiger partial charge in [0.25, 0.3) is 0 Å². The topological polar surface area (TPSA) is 56.5 Å². The molecule has 0 aromatic heterocycles. The van der Waals surface area contributed by atoms with Crippen molar-refractivity contribution >= 4 is 23.5 Å². The zero-order valence-electron chi connectivity index (χ0n) is 14.1. The summed E-state index contributed by atoms with van der Waals surface area (Å²) >= 11 is 5.12. The molecular weight excluding hydrogens is 334 g/mol. The maximum absolute atomic E-state index is 5.98. The summed E-state index contributed by atoms with van der Waals surface area (Å²) in [4.78, 5) is 0.